The molecule has 10 heteroatoms. The Bertz CT molecular complexity index is 1440. The van der Waals surface area contributed by atoms with E-state index in [1.807, 2.05) is 0 Å². The Balaban J connectivity index is 2.25. The predicted molar refractivity (Wildman–Crippen MR) is 121 cm³/mol. The van der Waals surface area contributed by atoms with Crippen molar-refractivity contribution < 1.29 is 37.4 Å². The van der Waals surface area contributed by atoms with Crippen LogP contribution in [0.3, 0.4) is 0 Å². The number of rotatable bonds is 6. The zero-order valence-electron chi connectivity index (χ0n) is 19.4. The second-order valence-electron chi connectivity index (χ2n) is 8.21. The average molecular weight is 470 g/mol. The molecule has 0 bridgehead atoms. The molecule has 2 heterocycles. The van der Waals surface area contributed by atoms with E-state index in [2.05, 4.69) is 0 Å². The van der Waals surface area contributed by atoms with E-state index in [0.717, 1.165) is 0 Å². The topological polar surface area (TPSA) is 131 Å². The molecule has 0 aliphatic rings. The molecule has 0 amide bonds. The summed E-state index contributed by atoms with van der Waals surface area (Å²) >= 11 is 0. The van der Waals surface area contributed by atoms with Crippen LogP contribution in [0.1, 0.15) is 41.5 Å². The smallest absolute Gasteiger partial charge is 0.344 e. The lowest BCUT2D eigenvalue weighted by Crippen LogP contribution is -2.15. The van der Waals surface area contributed by atoms with E-state index in [1.165, 1.54) is 26.0 Å². The van der Waals surface area contributed by atoms with Gasteiger partial charge in [-0.05, 0) is 27.7 Å². The molecule has 0 aliphatic carbocycles. The summed E-state index contributed by atoms with van der Waals surface area (Å²) in [5.74, 6) is -1.54. The second-order valence-corrected chi connectivity index (χ2v) is 8.21. The van der Waals surface area contributed by atoms with Crippen LogP contribution < -0.4 is 30.2 Å². The molecule has 4 aromatic rings. The van der Waals surface area contributed by atoms with E-state index in [4.69, 9.17) is 27.8 Å². The van der Waals surface area contributed by atoms with Gasteiger partial charge in [-0.3, -0.25) is 9.59 Å². The first-order valence-corrected chi connectivity index (χ1v) is 10.5. The molecule has 0 saturated heterocycles. The number of ether oxygens (including phenoxy) is 4. The quantitative estimate of drug-likeness (QED) is 0.177. The van der Waals surface area contributed by atoms with Crippen LogP contribution in [-0.2, 0) is 9.59 Å². The molecule has 0 N–H and O–H groups in total. The van der Waals surface area contributed by atoms with E-state index in [9.17, 15) is 19.2 Å². The second kappa shape index (κ2) is 8.36. The predicted octanol–water partition coefficient (Wildman–Crippen LogP) is 3.92. The lowest BCUT2D eigenvalue weighted by molar-refractivity contribution is -0.133. The number of benzene rings is 2. The third-order valence-corrected chi connectivity index (χ3v) is 4.70. The highest BCUT2D eigenvalue weighted by Gasteiger charge is 2.29. The van der Waals surface area contributed by atoms with Crippen LogP contribution in [-0.4, -0.2) is 24.1 Å². The number of hydrogen-bond acceptors (Lipinski definition) is 10. The Morgan fingerprint density at radius 3 is 1.35 bits per heavy atom. The molecule has 0 atom stereocenters. The fourth-order valence-electron chi connectivity index (χ4n) is 3.70. The summed E-state index contributed by atoms with van der Waals surface area (Å²) < 4.78 is 33.3. The molecular formula is C24H22O10. The molecule has 178 valence electrons. The molecule has 34 heavy (non-hydrogen) atoms. The third-order valence-electron chi connectivity index (χ3n) is 4.70. The Hall–Kier alpha value is -4.08. The molecule has 0 aliphatic heterocycles. The summed E-state index contributed by atoms with van der Waals surface area (Å²) in [7, 11) is 0. The van der Waals surface area contributed by atoms with Gasteiger partial charge < -0.3 is 27.8 Å². The minimum absolute atomic E-state index is 0.000612. The van der Waals surface area contributed by atoms with E-state index in [1.54, 1.807) is 27.7 Å². The molecule has 0 saturated carbocycles. The van der Waals surface area contributed by atoms with Gasteiger partial charge in [0.25, 0.3) is 0 Å². The molecular weight excluding hydrogens is 448 g/mol. The van der Waals surface area contributed by atoms with Gasteiger partial charge in [0.2, 0.25) is 11.5 Å². The molecule has 2 aromatic carbocycles. The Morgan fingerprint density at radius 2 is 1.06 bits per heavy atom. The zero-order valence-corrected chi connectivity index (χ0v) is 19.4. The number of carbonyl (C=O) groups is 2. The highest BCUT2D eigenvalue weighted by molar-refractivity contribution is 6.22. The van der Waals surface area contributed by atoms with Gasteiger partial charge in [0.05, 0.1) is 23.0 Å². The maximum atomic E-state index is 13.1. The summed E-state index contributed by atoms with van der Waals surface area (Å²) in [6, 6.07) is 2.60. The van der Waals surface area contributed by atoms with Gasteiger partial charge in [-0.2, -0.15) is 0 Å². The fourth-order valence-corrected chi connectivity index (χ4v) is 3.70. The van der Waals surface area contributed by atoms with Crippen LogP contribution in [0.4, 0.5) is 0 Å². The van der Waals surface area contributed by atoms with Gasteiger partial charge in [-0.1, -0.05) is 0 Å². The number of esters is 2. The lowest BCUT2D eigenvalue weighted by Gasteiger charge is -2.19. The van der Waals surface area contributed by atoms with Crippen LogP contribution in [0.25, 0.3) is 32.7 Å². The van der Waals surface area contributed by atoms with Gasteiger partial charge in [0, 0.05) is 36.8 Å². The first kappa shape index (κ1) is 23.1. The van der Waals surface area contributed by atoms with Crippen molar-refractivity contribution in [2.75, 3.05) is 0 Å². The maximum Gasteiger partial charge on any atom is 0.344 e. The summed E-state index contributed by atoms with van der Waals surface area (Å²) in [6.07, 6.45) is -0.769. The molecule has 10 nitrogen and oxygen atoms in total. The van der Waals surface area contributed by atoms with Crippen molar-refractivity contribution in [1.29, 1.82) is 0 Å². The van der Waals surface area contributed by atoms with Crippen molar-refractivity contribution in [3.05, 3.63) is 33.0 Å². The third kappa shape index (κ3) is 3.91. The van der Waals surface area contributed by atoms with Crippen LogP contribution in [0.2, 0.25) is 0 Å². The number of hydrogen-bond donors (Lipinski definition) is 0. The summed E-state index contributed by atoms with van der Waals surface area (Å²) in [4.78, 5) is 49.5. The van der Waals surface area contributed by atoms with Gasteiger partial charge in [0.15, 0.2) is 22.7 Å². The Morgan fingerprint density at radius 1 is 0.706 bits per heavy atom. The van der Waals surface area contributed by atoms with Crippen LogP contribution in [0.5, 0.6) is 23.0 Å². The molecule has 4 rings (SSSR count). The fraction of sp³-hybridized carbons (Fsp3) is 0.333. The highest BCUT2D eigenvalue weighted by atomic mass is 16.6. The first-order chi connectivity index (χ1) is 16.0. The standard InChI is InChI=1S/C24H22O10/c1-9(2)29-19-15(31-11(5)25)7-13-17-18-14(23(27)33-21(17)19)8-16(32-12(6)26)20(30-10(3)4)22(18)34-24(13)28/h7-10H,1-6H3. The molecule has 0 fully saturated rings. The van der Waals surface area contributed by atoms with E-state index < -0.39 is 23.2 Å². The van der Waals surface area contributed by atoms with Crippen molar-refractivity contribution >= 4 is 44.6 Å². The van der Waals surface area contributed by atoms with Gasteiger partial charge >= 0.3 is 23.2 Å². The van der Waals surface area contributed by atoms with E-state index in [0.29, 0.717) is 0 Å². The largest absolute Gasteiger partial charge is 0.484 e. The zero-order chi connectivity index (χ0) is 24.9. The summed E-state index contributed by atoms with van der Waals surface area (Å²) in [5, 5.41) is 0.435. The minimum atomic E-state index is -0.814. The minimum Gasteiger partial charge on any atom is -0.484 e. The lowest BCUT2D eigenvalue weighted by atomic mass is 10.0. The van der Waals surface area contributed by atoms with Crippen LogP contribution >= 0.6 is 0 Å². The van der Waals surface area contributed by atoms with Crippen LogP contribution in [0, 0.1) is 0 Å². The molecule has 2 aromatic heterocycles. The van der Waals surface area contributed by atoms with Gasteiger partial charge in [-0.25, -0.2) is 9.59 Å². The average Bonchev–Trinajstić information content (AvgIpc) is 2.70. The van der Waals surface area contributed by atoms with E-state index in [-0.39, 0.29) is 67.9 Å². The molecule has 0 unspecified atom stereocenters. The van der Waals surface area contributed by atoms with E-state index >= 15 is 0 Å². The van der Waals surface area contributed by atoms with Gasteiger partial charge in [0.1, 0.15) is 0 Å². The van der Waals surface area contributed by atoms with Crippen molar-refractivity contribution in [2.24, 2.45) is 0 Å². The summed E-state index contributed by atoms with van der Waals surface area (Å²) in [6.45, 7) is 9.33. The SMILES string of the molecule is CC(=O)Oc1cc2c(=O)oc3c(OC(C)C)c(OC(C)=O)cc4c(=O)oc(c1OC(C)C)c2c34. The van der Waals surface area contributed by atoms with Crippen molar-refractivity contribution in [3.63, 3.8) is 0 Å². The van der Waals surface area contributed by atoms with Crippen LogP contribution in [0.15, 0.2) is 30.6 Å². The van der Waals surface area contributed by atoms with Crippen molar-refractivity contribution in [2.45, 2.75) is 53.8 Å². The van der Waals surface area contributed by atoms with Crippen molar-refractivity contribution in [1.82, 2.24) is 0 Å². The monoisotopic (exact) mass is 470 g/mol. The normalized spacial score (nSPS) is 11.6. The first-order valence-electron chi connectivity index (χ1n) is 10.5. The maximum absolute atomic E-state index is 13.1. The highest BCUT2D eigenvalue weighted by Crippen LogP contribution is 2.46. The molecule has 0 spiro atoms. The Kier molecular flexibility index (Phi) is 5.68. The molecule has 0 radical (unpaired) electrons. The van der Waals surface area contributed by atoms with Crippen molar-refractivity contribution in [3.8, 4) is 23.0 Å². The Labute approximate surface area is 192 Å². The summed E-state index contributed by atoms with van der Waals surface area (Å²) in [5.41, 5.74) is -1.81. The van der Waals surface area contributed by atoms with Gasteiger partial charge in [-0.15, -0.1) is 0 Å². The number of carbonyl (C=O) groups excluding carboxylic acids is 2.